The van der Waals surface area contributed by atoms with E-state index in [-0.39, 0.29) is 11.7 Å². The Labute approximate surface area is 216 Å². The van der Waals surface area contributed by atoms with Crippen LogP contribution in [-0.4, -0.2) is 88.1 Å². The predicted molar refractivity (Wildman–Crippen MR) is 138 cm³/mol. The number of benzene rings is 1. The maximum absolute atomic E-state index is 12.1. The molecule has 0 saturated carbocycles. The summed E-state index contributed by atoms with van der Waals surface area (Å²) in [7, 11) is 2.13. The smallest absolute Gasteiger partial charge is 0.318 e. The Morgan fingerprint density at radius 2 is 2.03 bits per heavy atom. The third-order valence-corrected chi connectivity index (χ3v) is 7.74. The molecule has 0 aliphatic carbocycles. The molecule has 0 radical (unpaired) electrons. The number of phenols is 1. The van der Waals surface area contributed by atoms with Crippen molar-refractivity contribution < 1.29 is 14.6 Å². The van der Waals surface area contributed by atoms with Crippen LogP contribution >= 0.6 is 11.6 Å². The zero-order valence-corrected chi connectivity index (χ0v) is 21.5. The lowest BCUT2D eigenvalue weighted by Gasteiger charge is -2.35. The topological polar surface area (TPSA) is 85.3 Å². The van der Waals surface area contributed by atoms with Crippen LogP contribution in [0.1, 0.15) is 29.7 Å². The average Bonchev–Trinajstić information content (AvgIpc) is 3.49. The molecule has 1 atom stereocenters. The summed E-state index contributed by atoms with van der Waals surface area (Å²) in [5.74, 6) is 1.04. The standard InChI is InChI=1S/C26H33ClN6O3/c1-3-24(35)32-9-11-33(12-10-32)25-21-15-31(14-18-13-20(34)6-7-22(18)27)16-23(21)28-26(29-25)36-17-19-5-4-8-30(19)2/h3,6-7,13,19,34H,1,4-5,8-12,14-17H2,2H3/t19-/m0/s1. The van der Waals surface area contributed by atoms with Gasteiger partial charge in [-0.25, -0.2) is 0 Å². The van der Waals surface area contributed by atoms with E-state index >= 15 is 0 Å². The first-order valence-electron chi connectivity index (χ1n) is 12.5. The highest BCUT2D eigenvalue weighted by Crippen LogP contribution is 2.34. The summed E-state index contributed by atoms with van der Waals surface area (Å²) in [5.41, 5.74) is 2.91. The van der Waals surface area contributed by atoms with Crippen molar-refractivity contribution in [2.45, 2.75) is 38.5 Å². The Kier molecular flexibility index (Phi) is 7.32. The number of likely N-dealkylation sites (tertiary alicyclic amines) is 1. The van der Waals surface area contributed by atoms with Crippen molar-refractivity contribution in [3.63, 3.8) is 0 Å². The summed E-state index contributed by atoms with van der Waals surface area (Å²) in [4.78, 5) is 30.4. The van der Waals surface area contributed by atoms with Gasteiger partial charge in [-0.05, 0) is 56.3 Å². The number of aromatic hydroxyl groups is 1. The summed E-state index contributed by atoms with van der Waals surface area (Å²) in [6.45, 7) is 9.79. The molecule has 3 aliphatic heterocycles. The van der Waals surface area contributed by atoms with Crippen molar-refractivity contribution in [3.8, 4) is 11.8 Å². The first-order chi connectivity index (χ1) is 17.4. The van der Waals surface area contributed by atoms with E-state index in [0.29, 0.717) is 69.5 Å². The lowest BCUT2D eigenvalue weighted by Crippen LogP contribution is -2.48. The minimum Gasteiger partial charge on any atom is -0.508 e. The van der Waals surface area contributed by atoms with Gasteiger partial charge >= 0.3 is 6.01 Å². The number of halogens is 1. The van der Waals surface area contributed by atoms with Crippen LogP contribution in [0.2, 0.25) is 5.02 Å². The van der Waals surface area contributed by atoms with Crippen LogP contribution in [0.5, 0.6) is 11.8 Å². The zero-order valence-electron chi connectivity index (χ0n) is 20.7. The number of carbonyl (C=O) groups excluding carboxylic acids is 1. The van der Waals surface area contributed by atoms with E-state index in [1.165, 1.54) is 12.5 Å². The van der Waals surface area contributed by atoms with Crippen LogP contribution in [0.15, 0.2) is 30.9 Å². The van der Waals surface area contributed by atoms with Gasteiger partial charge in [0.1, 0.15) is 18.2 Å². The fraction of sp³-hybridized carbons (Fsp3) is 0.500. The van der Waals surface area contributed by atoms with Gasteiger partial charge in [-0.1, -0.05) is 18.2 Å². The van der Waals surface area contributed by atoms with Gasteiger partial charge in [0, 0.05) is 62.4 Å². The summed E-state index contributed by atoms with van der Waals surface area (Å²) >= 11 is 6.39. The van der Waals surface area contributed by atoms with Crippen molar-refractivity contribution >= 4 is 23.3 Å². The number of fused-ring (bicyclic) bond motifs is 1. The highest BCUT2D eigenvalue weighted by atomic mass is 35.5. The lowest BCUT2D eigenvalue weighted by molar-refractivity contribution is -0.126. The van der Waals surface area contributed by atoms with Crippen LogP contribution in [0.25, 0.3) is 0 Å². The highest BCUT2D eigenvalue weighted by Gasteiger charge is 2.31. The van der Waals surface area contributed by atoms with Gasteiger partial charge in [-0.3, -0.25) is 9.69 Å². The van der Waals surface area contributed by atoms with Gasteiger partial charge < -0.3 is 24.5 Å². The molecule has 0 unspecified atom stereocenters. The second kappa shape index (κ2) is 10.6. The second-order valence-electron chi connectivity index (χ2n) is 9.78. The number of phenolic OH excluding ortho intramolecular Hbond substituents is 1. The number of rotatable bonds is 7. The fourth-order valence-electron chi connectivity index (χ4n) is 5.27. The molecule has 2 saturated heterocycles. The molecule has 10 heteroatoms. The molecule has 5 rings (SSSR count). The van der Waals surface area contributed by atoms with Gasteiger partial charge in [0.25, 0.3) is 0 Å². The first-order valence-corrected chi connectivity index (χ1v) is 12.9. The summed E-state index contributed by atoms with van der Waals surface area (Å²) < 4.78 is 6.14. The van der Waals surface area contributed by atoms with Gasteiger partial charge in [0.15, 0.2) is 0 Å². The summed E-state index contributed by atoms with van der Waals surface area (Å²) in [6.07, 6.45) is 3.67. The van der Waals surface area contributed by atoms with Crippen molar-refractivity contribution in [3.05, 3.63) is 52.7 Å². The zero-order chi connectivity index (χ0) is 25.2. The highest BCUT2D eigenvalue weighted by molar-refractivity contribution is 6.31. The van der Waals surface area contributed by atoms with E-state index in [0.717, 1.165) is 35.6 Å². The minimum absolute atomic E-state index is 0.0403. The van der Waals surface area contributed by atoms with Crippen molar-refractivity contribution in [1.82, 2.24) is 24.7 Å². The molecule has 36 heavy (non-hydrogen) atoms. The molecule has 2 fully saturated rings. The number of hydrogen-bond donors (Lipinski definition) is 1. The number of nitrogens with zero attached hydrogens (tertiary/aromatic N) is 6. The Morgan fingerprint density at radius 1 is 1.22 bits per heavy atom. The molecule has 1 N–H and O–H groups in total. The Hall–Kier alpha value is -2.88. The SMILES string of the molecule is C=CC(=O)N1CCN(c2nc(OC[C@@H]3CCCN3C)nc3c2CN(Cc2cc(O)ccc2Cl)C3)CC1. The van der Waals surface area contributed by atoms with E-state index in [9.17, 15) is 9.90 Å². The molecule has 192 valence electrons. The molecule has 0 spiro atoms. The van der Waals surface area contributed by atoms with E-state index in [2.05, 4.69) is 28.3 Å². The largest absolute Gasteiger partial charge is 0.508 e. The van der Waals surface area contributed by atoms with Gasteiger partial charge in [0.05, 0.1) is 5.69 Å². The molecule has 3 aliphatic rings. The van der Waals surface area contributed by atoms with Gasteiger partial charge in [-0.15, -0.1) is 0 Å². The minimum atomic E-state index is -0.0403. The van der Waals surface area contributed by atoms with Gasteiger partial charge in [-0.2, -0.15) is 9.97 Å². The monoisotopic (exact) mass is 512 g/mol. The molecule has 1 aromatic carbocycles. The Balaban J connectivity index is 1.37. The van der Waals surface area contributed by atoms with E-state index < -0.39 is 0 Å². The third kappa shape index (κ3) is 5.28. The lowest BCUT2D eigenvalue weighted by atomic mass is 10.2. The maximum Gasteiger partial charge on any atom is 0.318 e. The van der Waals surface area contributed by atoms with Crippen LogP contribution in [-0.2, 0) is 24.4 Å². The third-order valence-electron chi connectivity index (χ3n) is 7.37. The van der Waals surface area contributed by atoms with Crippen LogP contribution in [0.4, 0.5) is 5.82 Å². The van der Waals surface area contributed by atoms with Crippen molar-refractivity contribution in [1.29, 1.82) is 0 Å². The Morgan fingerprint density at radius 3 is 2.75 bits per heavy atom. The van der Waals surface area contributed by atoms with Crippen LogP contribution < -0.4 is 9.64 Å². The molecule has 1 amide bonds. The molecular formula is C26H33ClN6O3. The van der Waals surface area contributed by atoms with E-state index in [1.807, 2.05) is 4.90 Å². The molecule has 2 aromatic rings. The predicted octanol–water partition coefficient (Wildman–Crippen LogP) is 2.66. The fourth-order valence-corrected chi connectivity index (χ4v) is 5.45. The summed E-state index contributed by atoms with van der Waals surface area (Å²) in [5, 5.41) is 10.5. The first kappa shape index (κ1) is 24.8. The quantitative estimate of drug-likeness (QED) is 0.567. The number of aromatic nitrogens is 2. The van der Waals surface area contributed by atoms with Crippen molar-refractivity contribution in [2.24, 2.45) is 0 Å². The van der Waals surface area contributed by atoms with Crippen LogP contribution in [0, 0.1) is 0 Å². The maximum atomic E-state index is 12.1. The molecule has 9 nitrogen and oxygen atoms in total. The van der Waals surface area contributed by atoms with Gasteiger partial charge in [0.2, 0.25) is 5.91 Å². The second-order valence-corrected chi connectivity index (χ2v) is 10.2. The number of likely N-dealkylation sites (N-methyl/N-ethyl adjacent to an activating group) is 1. The number of hydrogen-bond acceptors (Lipinski definition) is 8. The van der Waals surface area contributed by atoms with Crippen molar-refractivity contribution in [2.75, 3.05) is 51.3 Å². The molecule has 4 heterocycles. The molecule has 1 aromatic heterocycles. The molecular weight excluding hydrogens is 480 g/mol. The van der Waals surface area contributed by atoms with E-state index in [1.54, 1.807) is 18.2 Å². The Bertz CT molecular complexity index is 1140. The van der Waals surface area contributed by atoms with Crippen LogP contribution in [0.3, 0.4) is 0 Å². The van der Waals surface area contributed by atoms with E-state index in [4.69, 9.17) is 26.3 Å². The molecule has 0 bridgehead atoms. The normalized spacial score (nSPS) is 20.6. The number of amides is 1. The summed E-state index contributed by atoms with van der Waals surface area (Å²) in [6, 6.07) is 5.81. The number of ether oxygens (including phenoxy) is 1. The average molecular weight is 513 g/mol. The number of carbonyl (C=O) groups is 1. The number of anilines is 1. The number of piperazine rings is 1.